The van der Waals surface area contributed by atoms with Crippen LogP contribution in [0.4, 0.5) is 5.88 Å². The third kappa shape index (κ3) is 4.40. The van der Waals surface area contributed by atoms with Gasteiger partial charge >= 0.3 is 5.88 Å². The Labute approximate surface area is 121 Å². The molecule has 0 radical (unpaired) electrons. The van der Waals surface area contributed by atoms with Crippen LogP contribution in [0, 0.1) is 10.1 Å². The van der Waals surface area contributed by atoms with Gasteiger partial charge in [-0.2, -0.15) is 0 Å². The Balaban J connectivity index is 1.82. The monoisotopic (exact) mass is 295 g/mol. The second kappa shape index (κ2) is 7.55. The number of oxazole rings is 1. The molecule has 0 aliphatic carbocycles. The fourth-order valence-corrected chi connectivity index (χ4v) is 1.76. The summed E-state index contributed by atoms with van der Waals surface area (Å²) >= 11 is 0. The highest BCUT2D eigenvalue weighted by Crippen LogP contribution is 2.26. The van der Waals surface area contributed by atoms with E-state index in [0.717, 1.165) is 19.5 Å². The molecular formula is C13H17N3O5. The summed E-state index contributed by atoms with van der Waals surface area (Å²) in [5.41, 5.74) is 0. The van der Waals surface area contributed by atoms with Gasteiger partial charge in [-0.1, -0.05) is 0 Å². The molecule has 0 aliphatic heterocycles. The van der Waals surface area contributed by atoms with E-state index in [1.807, 2.05) is 0 Å². The second-order valence-corrected chi connectivity index (χ2v) is 4.36. The molecule has 0 fully saturated rings. The van der Waals surface area contributed by atoms with E-state index in [9.17, 15) is 10.1 Å². The molecule has 2 aromatic rings. The van der Waals surface area contributed by atoms with Crippen LogP contribution in [0.2, 0.25) is 0 Å². The zero-order valence-electron chi connectivity index (χ0n) is 11.7. The lowest BCUT2D eigenvalue weighted by Gasteiger charge is -2.01. The van der Waals surface area contributed by atoms with Crippen molar-refractivity contribution in [3.8, 4) is 11.5 Å². The number of methoxy groups -OCH3 is 1. The number of aryl methyl sites for hydroxylation is 1. The molecule has 1 N–H and O–H groups in total. The average molecular weight is 295 g/mol. The van der Waals surface area contributed by atoms with Crippen molar-refractivity contribution >= 4 is 5.88 Å². The van der Waals surface area contributed by atoms with Crippen molar-refractivity contribution in [3.63, 3.8) is 0 Å². The summed E-state index contributed by atoms with van der Waals surface area (Å²) in [5, 5.41) is 13.8. The summed E-state index contributed by atoms with van der Waals surface area (Å²) in [5.74, 6) is 0.965. The van der Waals surface area contributed by atoms with Crippen molar-refractivity contribution in [1.29, 1.82) is 0 Å². The van der Waals surface area contributed by atoms with Crippen molar-refractivity contribution in [1.82, 2.24) is 10.3 Å². The molecule has 2 rings (SSSR count). The molecule has 8 heteroatoms. The summed E-state index contributed by atoms with van der Waals surface area (Å²) in [6, 6.07) is 2.78. The van der Waals surface area contributed by atoms with E-state index >= 15 is 0 Å². The first-order valence-corrected chi connectivity index (χ1v) is 6.59. The molecule has 0 bridgehead atoms. The van der Waals surface area contributed by atoms with E-state index in [1.165, 1.54) is 18.3 Å². The summed E-state index contributed by atoms with van der Waals surface area (Å²) in [7, 11) is 1.66. The van der Waals surface area contributed by atoms with Crippen LogP contribution in [-0.2, 0) is 11.2 Å². The van der Waals surface area contributed by atoms with E-state index in [0.29, 0.717) is 30.4 Å². The van der Waals surface area contributed by atoms with Gasteiger partial charge in [-0.15, -0.1) is 0 Å². The Morgan fingerprint density at radius 2 is 2.19 bits per heavy atom. The number of furan rings is 1. The summed E-state index contributed by atoms with van der Waals surface area (Å²) < 4.78 is 15.5. The highest BCUT2D eigenvalue weighted by molar-refractivity contribution is 5.50. The van der Waals surface area contributed by atoms with Gasteiger partial charge in [0.25, 0.3) is 0 Å². The van der Waals surface area contributed by atoms with Crippen molar-refractivity contribution in [3.05, 3.63) is 34.3 Å². The zero-order chi connectivity index (χ0) is 15.1. The molecular weight excluding hydrogens is 278 g/mol. The van der Waals surface area contributed by atoms with Crippen molar-refractivity contribution < 1.29 is 18.5 Å². The van der Waals surface area contributed by atoms with Gasteiger partial charge in [0.2, 0.25) is 0 Å². The fourth-order valence-electron chi connectivity index (χ4n) is 1.76. The molecule has 0 unspecified atom stereocenters. The number of ether oxygens (including phenoxy) is 1. The molecule has 0 amide bonds. The second-order valence-electron chi connectivity index (χ2n) is 4.36. The molecule has 21 heavy (non-hydrogen) atoms. The Kier molecular flexibility index (Phi) is 5.47. The van der Waals surface area contributed by atoms with Crippen LogP contribution >= 0.6 is 0 Å². The van der Waals surface area contributed by atoms with Crippen LogP contribution < -0.4 is 5.32 Å². The third-order valence-corrected chi connectivity index (χ3v) is 2.80. The van der Waals surface area contributed by atoms with Crippen molar-refractivity contribution in [2.75, 3.05) is 26.8 Å². The molecule has 0 spiro atoms. The van der Waals surface area contributed by atoms with Gasteiger partial charge in [-0.25, -0.2) is 4.98 Å². The highest BCUT2D eigenvalue weighted by atomic mass is 16.6. The average Bonchev–Trinajstić information content (AvgIpc) is 3.11. The molecule has 0 aromatic carbocycles. The molecule has 0 saturated carbocycles. The van der Waals surface area contributed by atoms with Crippen LogP contribution in [0.3, 0.4) is 0 Å². The number of hydrogen-bond donors (Lipinski definition) is 1. The third-order valence-electron chi connectivity index (χ3n) is 2.80. The first-order valence-electron chi connectivity index (χ1n) is 6.59. The number of nitro groups is 1. The lowest BCUT2D eigenvalue weighted by Crippen LogP contribution is -2.20. The van der Waals surface area contributed by atoms with E-state index in [-0.39, 0.29) is 5.88 Å². The van der Waals surface area contributed by atoms with E-state index in [4.69, 9.17) is 13.6 Å². The minimum atomic E-state index is -0.591. The Morgan fingerprint density at radius 3 is 2.90 bits per heavy atom. The van der Waals surface area contributed by atoms with E-state index < -0.39 is 4.92 Å². The van der Waals surface area contributed by atoms with Gasteiger partial charge in [0.15, 0.2) is 17.4 Å². The molecule has 0 aliphatic rings. The van der Waals surface area contributed by atoms with Gasteiger partial charge < -0.3 is 18.9 Å². The molecule has 0 atom stereocenters. The van der Waals surface area contributed by atoms with Crippen LogP contribution in [0.1, 0.15) is 12.3 Å². The minimum absolute atomic E-state index is 0.304. The van der Waals surface area contributed by atoms with Gasteiger partial charge in [0.1, 0.15) is 4.92 Å². The molecule has 2 heterocycles. The van der Waals surface area contributed by atoms with Crippen molar-refractivity contribution in [2.24, 2.45) is 0 Å². The predicted octanol–water partition coefficient (Wildman–Crippen LogP) is 2.01. The first kappa shape index (κ1) is 15.2. The number of rotatable bonds is 9. The summed E-state index contributed by atoms with van der Waals surface area (Å²) in [6.07, 6.45) is 3.07. The fraction of sp³-hybridized carbons (Fsp3) is 0.462. The Bertz CT molecular complexity index is 578. The van der Waals surface area contributed by atoms with Gasteiger partial charge in [0, 0.05) is 20.1 Å². The normalized spacial score (nSPS) is 10.9. The maximum absolute atomic E-state index is 10.5. The van der Waals surface area contributed by atoms with Crippen molar-refractivity contribution in [2.45, 2.75) is 12.8 Å². The molecule has 114 valence electrons. The summed E-state index contributed by atoms with van der Waals surface area (Å²) in [4.78, 5) is 14.1. The maximum Gasteiger partial charge on any atom is 0.433 e. The lowest BCUT2D eigenvalue weighted by atomic mass is 10.3. The lowest BCUT2D eigenvalue weighted by molar-refractivity contribution is -0.401. The van der Waals surface area contributed by atoms with Gasteiger partial charge in [0.05, 0.1) is 18.9 Å². The number of hydrogen-bond acceptors (Lipinski definition) is 7. The van der Waals surface area contributed by atoms with Gasteiger partial charge in [-0.3, -0.25) is 10.1 Å². The quantitative estimate of drug-likeness (QED) is 0.428. The number of nitrogens with one attached hydrogen (secondary N) is 1. The topological polar surface area (TPSA) is 104 Å². The molecule has 8 nitrogen and oxygen atoms in total. The van der Waals surface area contributed by atoms with Crippen LogP contribution in [0.25, 0.3) is 11.5 Å². The first-order chi connectivity index (χ1) is 10.2. The smallest absolute Gasteiger partial charge is 0.433 e. The molecule has 0 saturated heterocycles. The van der Waals surface area contributed by atoms with E-state index in [2.05, 4.69) is 10.3 Å². The predicted molar refractivity (Wildman–Crippen MR) is 73.9 cm³/mol. The SMILES string of the molecule is COCCNCCCc1ncc(-c2ccc([N+](=O)[O-])o2)o1. The zero-order valence-corrected chi connectivity index (χ0v) is 11.7. The Hall–Kier alpha value is -2.19. The highest BCUT2D eigenvalue weighted by Gasteiger charge is 2.16. The number of nitrogens with zero attached hydrogens (tertiary/aromatic N) is 2. The largest absolute Gasteiger partial charge is 0.437 e. The van der Waals surface area contributed by atoms with Crippen LogP contribution in [-0.4, -0.2) is 36.7 Å². The van der Waals surface area contributed by atoms with Crippen LogP contribution in [0.15, 0.2) is 27.2 Å². The van der Waals surface area contributed by atoms with Crippen LogP contribution in [0.5, 0.6) is 0 Å². The Morgan fingerprint density at radius 1 is 1.33 bits per heavy atom. The maximum atomic E-state index is 10.5. The molecule has 2 aromatic heterocycles. The standard InChI is InChI=1S/C13H17N3O5/c1-19-8-7-14-6-2-3-12-15-9-11(20-12)10-4-5-13(21-10)16(17)18/h4-5,9,14H,2-3,6-8H2,1H3. The number of aromatic nitrogens is 1. The van der Waals surface area contributed by atoms with E-state index in [1.54, 1.807) is 7.11 Å². The summed E-state index contributed by atoms with van der Waals surface area (Å²) in [6.45, 7) is 2.33. The minimum Gasteiger partial charge on any atom is -0.437 e. The van der Waals surface area contributed by atoms with Gasteiger partial charge in [-0.05, 0) is 19.0 Å².